The highest BCUT2D eigenvalue weighted by Gasteiger charge is 2.20. The van der Waals surface area contributed by atoms with Gasteiger partial charge in [-0.3, -0.25) is 14.8 Å². The molecule has 1 heterocycles. The third kappa shape index (κ3) is 3.89. The highest BCUT2D eigenvalue weighted by molar-refractivity contribution is 7.92. The maximum absolute atomic E-state index is 12.1. The van der Waals surface area contributed by atoms with Crippen LogP contribution in [0.25, 0.3) is 0 Å². The first kappa shape index (κ1) is 16.9. The van der Waals surface area contributed by atoms with E-state index in [0.29, 0.717) is 5.56 Å². The van der Waals surface area contributed by atoms with Gasteiger partial charge in [0.25, 0.3) is 15.7 Å². The predicted molar refractivity (Wildman–Crippen MR) is 80.1 cm³/mol. The smallest absolute Gasteiger partial charge is 0.263 e. The van der Waals surface area contributed by atoms with E-state index in [0.717, 1.165) is 6.07 Å². The lowest BCUT2D eigenvalue weighted by Crippen LogP contribution is -2.14. The Kier molecular flexibility index (Phi) is 5.23. The van der Waals surface area contributed by atoms with Crippen molar-refractivity contribution in [3.05, 3.63) is 58.3 Å². The number of nitrogens with zero attached hydrogens (tertiary/aromatic N) is 2. The Morgan fingerprint density at radius 2 is 1.95 bits per heavy atom. The van der Waals surface area contributed by atoms with Gasteiger partial charge in [-0.05, 0) is 25.1 Å². The van der Waals surface area contributed by atoms with Gasteiger partial charge in [0.2, 0.25) is 0 Å². The predicted octanol–water partition coefficient (Wildman–Crippen LogP) is 2.52. The van der Waals surface area contributed by atoms with Gasteiger partial charge in [0.15, 0.2) is 0 Å². The summed E-state index contributed by atoms with van der Waals surface area (Å²) < 4.78 is 26.5. The van der Waals surface area contributed by atoms with Gasteiger partial charge in [-0.25, -0.2) is 13.4 Å². The van der Waals surface area contributed by atoms with Crippen molar-refractivity contribution in [1.29, 1.82) is 0 Å². The van der Waals surface area contributed by atoms with Crippen molar-refractivity contribution in [2.45, 2.75) is 11.8 Å². The van der Waals surface area contributed by atoms with Crippen LogP contribution >= 0.6 is 12.4 Å². The molecule has 9 heteroatoms. The van der Waals surface area contributed by atoms with Crippen LogP contribution in [0.5, 0.6) is 0 Å². The molecule has 112 valence electrons. The Bertz CT molecular complexity index is 750. The molecule has 0 saturated heterocycles. The first-order chi connectivity index (χ1) is 9.40. The normalized spacial score (nSPS) is 10.5. The molecule has 0 spiro atoms. The lowest BCUT2D eigenvalue weighted by molar-refractivity contribution is -0.385. The van der Waals surface area contributed by atoms with Crippen LogP contribution in [0.2, 0.25) is 0 Å². The van der Waals surface area contributed by atoms with E-state index in [4.69, 9.17) is 0 Å². The summed E-state index contributed by atoms with van der Waals surface area (Å²) in [6, 6.07) is 8.50. The topological polar surface area (TPSA) is 102 Å². The number of nitro groups is 1. The zero-order valence-electron chi connectivity index (χ0n) is 10.9. The number of halogens is 1. The number of hydrogen-bond donors (Lipinski definition) is 1. The van der Waals surface area contributed by atoms with Crippen LogP contribution in [0.15, 0.2) is 47.5 Å². The molecule has 0 aliphatic rings. The number of anilines is 1. The van der Waals surface area contributed by atoms with Gasteiger partial charge in [-0.2, -0.15) is 0 Å². The molecular formula is C12H12ClN3O4S. The Labute approximate surface area is 127 Å². The Morgan fingerprint density at radius 1 is 1.24 bits per heavy atom. The molecule has 21 heavy (non-hydrogen) atoms. The summed E-state index contributed by atoms with van der Waals surface area (Å²) in [5, 5.41) is 10.8. The van der Waals surface area contributed by atoms with E-state index in [1.807, 2.05) is 0 Å². The quantitative estimate of drug-likeness (QED) is 0.685. The van der Waals surface area contributed by atoms with Crippen molar-refractivity contribution in [1.82, 2.24) is 4.98 Å². The van der Waals surface area contributed by atoms with Crippen molar-refractivity contribution < 1.29 is 13.3 Å². The molecule has 0 fully saturated rings. The minimum absolute atomic E-state index is 0. The van der Waals surface area contributed by atoms with E-state index >= 15 is 0 Å². The summed E-state index contributed by atoms with van der Waals surface area (Å²) in [6.07, 6.45) is 1.44. The second-order valence-corrected chi connectivity index (χ2v) is 5.71. The van der Waals surface area contributed by atoms with Crippen molar-refractivity contribution in [3.8, 4) is 0 Å². The number of aryl methyl sites for hydroxylation is 1. The van der Waals surface area contributed by atoms with Crippen LogP contribution in [-0.4, -0.2) is 18.3 Å². The standard InChI is InChI=1S/C12H11N3O4S.ClH/c1-9-5-6-10(8-11(9)15(16)17)20(18,19)14-12-4-2-3-7-13-12;/h2-8H,1H3,(H,13,14);1H. The fourth-order valence-corrected chi connectivity index (χ4v) is 2.60. The molecule has 1 N–H and O–H groups in total. The SMILES string of the molecule is Cc1ccc(S(=O)(=O)Nc2ccccn2)cc1[N+](=O)[O-].Cl. The molecule has 7 nitrogen and oxygen atoms in total. The second-order valence-electron chi connectivity index (χ2n) is 4.03. The zero-order valence-corrected chi connectivity index (χ0v) is 12.5. The molecular weight excluding hydrogens is 318 g/mol. The first-order valence-corrected chi connectivity index (χ1v) is 7.07. The molecule has 0 saturated carbocycles. The fourth-order valence-electron chi connectivity index (χ4n) is 1.57. The number of pyridine rings is 1. The van der Waals surface area contributed by atoms with Crippen molar-refractivity contribution >= 4 is 33.9 Å². The molecule has 2 rings (SSSR count). The van der Waals surface area contributed by atoms with Crippen molar-refractivity contribution in [3.63, 3.8) is 0 Å². The summed E-state index contributed by atoms with van der Waals surface area (Å²) >= 11 is 0. The lowest BCUT2D eigenvalue weighted by atomic mass is 10.2. The van der Waals surface area contributed by atoms with Crippen LogP contribution in [-0.2, 0) is 10.0 Å². The summed E-state index contributed by atoms with van der Waals surface area (Å²) in [7, 11) is -3.90. The lowest BCUT2D eigenvalue weighted by Gasteiger charge is -2.07. The van der Waals surface area contributed by atoms with E-state index in [2.05, 4.69) is 9.71 Å². The van der Waals surface area contributed by atoms with Gasteiger partial charge in [0, 0.05) is 17.8 Å². The molecule has 0 aliphatic heterocycles. The van der Waals surface area contributed by atoms with Crippen LogP contribution in [0.3, 0.4) is 0 Å². The molecule has 0 aliphatic carbocycles. The number of benzene rings is 1. The van der Waals surface area contributed by atoms with Crippen LogP contribution in [0.4, 0.5) is 11.5 Å². The van der Waals surface area contributed by atoms with Crippen molar-refractivity contribution in [2.75, 3.05) is 4.72 Å². The summed E-state index contributed by atoms with van der Waals surface area (Å²) in [4.78, 5) is 13.9. The Balaban J connectivity index is 0.00000220. The van der Waals surface area contributed by atoms with Crippen LogP contribution in [0.1, 0.15) is 5.56 Å². The molecule has 0 amide bonds. The number of hydrogen-bond acceptors (Lipinski definition) is 5. The summed E-state index contributed by atoms with van der Waals surface area (Å²) in [5.74, 6) is 0.149. The third-order valence-electron chi connectivity index (χ3n) is 2.59. The molecule has 0 bridgehead atoms. The Hall–Kier alpha value is -2.19. The van der Waals surface area contributed by atoms with Gasteiger partial charge in [-0.15, -0.1) is 12.4 Å². The number of sulfonamides is 1. The van der Waals surface area contributed by atoms with E-state index in [1.165, 1.54) is 24.4 Å². The van der Waals surface area contributed by atoms with Crippen LogP contribution in [0, 0.1) is 17.0 Å². The second kappa shape index (κ2) is 6.51. The number of nitrogens with one attached hydrogen (secondary N) is 1. The maximum Gasteiger partial charge on any atom is 0.273 e. The van der Waals surface area contributed by atoms with E-state index in [1.54, 1.807) is 19.1 Å². The van der Waals surface area contributed by atoms with Gasteiger partial charge in [-0.1, -0.05) is 12.1 Å². The first-order valence-electron chi connectivity index (χ1n) is 5.59. The summed E-state index contributed by atoms with van der Waals surface area (Å²) in [5.41, 5.74) is 0.153. The summed E-state index contributed by atoms with van der Waals surface area (Å²) in [6.45, 7) is 1.54. The molecule has 2 aromatic rings. The van der Waals surface area contributed by atoms with E-state index in [9.17, 15) is 18.5 Å². The monoisotopic (exact) mass is 329 g/mol. The minimum Gasteiger partial charge on any atom is -0.263 e. The average Bonchev–Trinajstić information content (AvgIpc) is 2.39. The minimum atomic E-state index is -3.90. The highest BCUT2D eigenvalue weighted by Crippen LogP contribution is 2.23. The number of aromatic nitrogens is 1. The van der Waals surface area contributed by atoms with Crippen molar-refractivity contribution in [2.24, 2.45) is 0 Å². The number of nitro benzene ring substituents is 1. The van der Waals surface area contributed by atoms with E-state index < -0.39 is 14.9 Å². The van der Waals surface area contributed by atoms with Gasteiger partial charge >= 0.3 is 0 Å². The van der Waals surface area contributed by atoms with Gasteiger partial charge in [0.05, 0.1) is 9.82 Å². The van der Waals surface area contributed by atoms with Gasteiger partial charge < -0.3 is 0 Å². The molecule has 0 radical (unpaired) electrons. The largest absolute Gasteiger partial charge is 0.273 e. The number of rotatable bonds is 4. The highest BCUT2D eigenvalue weighted by atomic mass is 35.5. The third-order valence-corrected chi connectivity index (χ3v) is 3.94. The maximum atomic E-state index is 12.1. The molecule has 1 aromatic carbocycles. The average molecular weight is 330 g/mol. The fraction of sp³-hybridized carbons (Fsp3) is 0.0833. The van der Waals surface area contributed by atoms with Gasteiger partial charge in [0.1, 0.15) is 5.82 Å². The van der Waals surface area contributed by atoms with E-state index in [-0.39, 0.29) is 28.8 Å². The molecule has 0 unspecified atom stereocenters. The Morgan fingerprint density at radius 3 is 2.52 bits per heavy atom. The van der Waals surface area contributed by atoms with Crippen LogP contribution < -0.4 is 4.72 Å². The molecule has 0 atom stereocenters. The molecule has 1 aromatic heterocycles. The zero-order chi connectivity index (χ0) is 14.8.